The zero-order valence-corrected chi connectivity index (χ0v) is 13.2. The van der Waals surface area contributed by atoms with Gasteiger partial charge in [-0.25, -0.2) is 9.78 Å². The van der Waals surface area contributed by atoms with Gasteiger partial charge in [-0.1, -0.05) is 33.6 Å². The third kappa shape index (κ3) is 3.96. The second-order valence-corrected chi connectivity index (χ2v) is 6.33. The third-order valence-corrected chi connectivity index (χ3v) is 4.50. The van der Waals surface area contributed by atoms with E-state index in [1.807, 2.05) is 6.92 Å². The highest BCUT2D eigenvalue weighted by Gasteiger charge is 2.27. The lowest BCUT2D eigenvalue weighted by Crippen LogP contribution is -2.35. The lowest BCUT2D eigenvalue weighted by Gasteiger charge is -2.35. The summed E-state index contributed by atoms with van der Waals surface area (Å²) in [5.41, 5.74) is 1.15. The number of hydrogen-bond acceptors (Lipinski definition) is 3. The van der Waals surface area contributed by atoms with Crippen molar-refractivity contribution in [3.8, 4) is 0 Å². The van der Waals surface area contributed by atoms with Crippen LogP contribution in [-0.2, 0) is 6.42 Å². The first kappa shape index (κ1) is 15.8. The summed E-state index contributed by atoms with van der Waals surface area (Å²) in [5.74, 6) is 1.10. The number of carbonyl (C=O) groups is 1. The van der Waals surface area contributed by atoms with E-state index in [0.29, 0.717) is 29.3 Å². The number of pyridine rings is 1. The molecule has 0 aliphatic heterocycles. The number of nitrogens with one attached hydrogen (secondary N) is 1. The Bertz CT molecular complexity index is 500. The monoisotopic (exact) mass is 290 g/mol. The normalized spacial score (nSPS) is 22.3. The van der Waals surface area contributed by atoms with Gasteiger partial charge in [0.1, 0.15) is 5.82 Å². The van der Waals surface area contributed by atoms with Crippen molar-refractivity contribution in [2.45, 2.75) is 58.9 Å². The molecule has 0 amide bonds. The molecule has 1 saturated carbocycles. The van der Waals surface area contributed by atoms with Crippen molar-refractivity contribution in [1.29, 1.82) is 0 Å². The van der Waals surface area contributed by atoms with Gasteiger partial charge in [0.2, 0.25) is 0 Å². The second kappa shape index (κ2) is 6.92. The highest BCUT2D eigenvalue weighted by molar-refractivity contribution is 5.88. The number of hydrogen-bond donors (Lipinski definition) is 2. The van der Waals surface area contributed by atoms with Gasteiger partial charge in [-0.2, -0.15) is 0 Å². The van der Waals surface area contributed by atoms with Gasteiger partial charge in [-0.15, -0.1) is 0 Å². The van der Waals surface area contributed by atoms with E-state index in [0.717, 1.165) is 18.5 Å². The fourth-order valence-electron chi connectivity index (χ4n) is 3.29. The molecular formula is C17H26N2O2. The van der Waals surface area contributed by atoms with Crippen LogP contribution in [-0.4, -0.2) is 22.1 Å². The van der Waals surface area contributed by atoms with E-state index in [2.05, 4.69) is 24.1 Å². The number of aryl methyl sites for hydroxylation is 1. The maximum absolute atomic E-state index is 11.2. The minimum atomic E-state index is -0.890. The summed E-state index contributed by atoms with van der Waals surface area (Å²) >= 11 is 0. The predicted molar refractivity (Wildman–Crippen MR) is 84.8 cm³/mol. The van der Waals surface area contributed by atoms with Gasteiger partial charge >= 0.3 is 5.97 Å². The van der Waals surface area contributed by atoms with E-state index in [1.165, 1.54) is 19.3 Å². The maximum atomic E-state index is 11.2. The number of aromatic carboxylic acids is 1. The molecule has 0 radical (unpaired) electrons. The SMILES string of the molecule is CCc1cc(C(=O)O)cc(NC2CCCCC2C(C)C)n1. The Balaban J connectivity index is 2.21. The van der Waals surface area contributed by atoms with Crippen molar-refractivity contribution < 1.29 is 9.90 Å². The van der Waals surface area contributed by atoms with Crippen LogP contribution in [0.5, 0.6) is 0 Å². The van der Waals surface area contributed by atoms with Gasteiger partial charge in [0.05, 0.1) is 5.56 Å². The molecule has 2 atom stereocenters. The van der Waals surface area contributed by atoms with Gasteiger partial charge in [0.25, 0.3) is 0 Å². The summed E-state index contributed by atoms with van der Waals surface area (Å²) in [6.07, 6.45) is 5.66. The predicted octanol–water partition coefficient (Wildman–Crippen LogP) is 3.97. The summed E-state index contributed by atoms with van der Waals surface area (Å²) in [6, 6.07) is 3.72. The van der Waals surface area contributed by atoms with Gasteiger partial charge in [0.15, 0.2) is 0 Å². The molecule has 0 aromatic carbocycles. The molecule has 2 unspecified atom stereocenters. The highest BCUT2D eigenvalue weighted by atomic mass is 16.4. The Morgan fingerprint density at radius 1 is 1.38 bits per heavy atom. The fraction of sp³-hybridized carbons (Fsp3) is 0.647. The topological polar surface area (TPSA) is 62.2 Å². The van der Waals surface area contributed by atoms with Crippen molar-refractivity contribution in [3.05, 3.63) is 23.4 Å². The Morgan fingerprint density at radius 2 is 2.10 bits per heavy atom. The smallest absolute Gasteiger partial charge is 0.335 e. The Kier molecular flexibility index (Phi) is 5.21. The number of nitrogens with zero attached hydrogens (tertiary/aromatic N) is 1. The van der Waals surface area contributed by atoms with Crippen molar-refractivity contribution in [1.82, 2.24) is 4.98 Å². The van der Waals surface area contributed by atoms with Crippen LogP contribution >= 0.6 is 0 Å². The van der Waals surface area contributed by atoms with Gasteiger partial charge in [-0.3, -0.25) is 0 Å². The Labute approximate surface area is 127 Å². The van der Waals surface area contributed by atoms with E-state index < -0.39 is 5.97 Å². The molecule has 1 fully saturated rings. The molecular weight excluding hydrogens is 264 g/mol. The second-order valence-electron chi connectivity index (χ2n) is 6.33. The van der Waals surface area contributed by atoms with Crippen LogP contribution in [0.2, 0.25) is 0 Å². The minimum Gasteiger partial charge on any atom is -0.478 e. The summed E-state index contributed by atoms with van der Waals surface area (Å²) in [5, 5.41) is 12.7. The molecule has 1 aliphatic carbocycles. The number of anilines is 1. The van der Waals surface area contributed by atoms with Crippen LogP contribution in [0.4, 0.5) is 5.82 Å². The zero-order chi connectivity index (χ0) is 15.4. The largest absolute Gasteiger partial charge is 0.478 e. The zero-order valence-electron chi connectivity index (χ0n) is 13.2. The third-order valence-electron chi connectivity index (χ3n) is 4.50. The molecule has 4 nitrogen and oxygen atoms in total. The molecule has 4 heteroatoms. The maximum Gasteiger partial charge on any atom is 0.335 e. The number of rotatable bonds is 5. The molecule has 1 heterocycles. The Hall–Kier alpha value is -1.58. The molecule has 21 heavy (non-hydrogen) atoms. The van der Waals surface area contributed by atoms with Gasteiger partial charge < -0.3 is 10.4 Å². The number of carboxylic acids is 1. The van der Waals surface area contributed by atoms with Crippen LogP contribution in [0.25, 0.3) is 0 Å². The molecule has 1 aromatic rings. The highest BCUT2D eigenvalue weighted by Crippen LogP contribution is 2.32. The first-order valence-corrected chi connectivity index (χ1v) is 8.02. The molecule has 2 N–H and O–H groups in total. The van der Waals surface area contributed by atoms with Crippen LogP contribution < -0.4 is 5.32 Å². The summed E-state index contributed by atoms with van der Waals surface area (Å²) < 4.78 is 0. The molecule has 0 spiro atoms. The first-order chi connectivity index (χ1) is 10.0. The lowest BCUT2D eigenvalue weighted by atomic mass is 9.78. The number of carboxylic acid groups (broad SMARTS) is 1. The summed E-state index contributed by atoms with van der Waals surface area (Å²) in [4.78, 5) is 15.8. The lowest BCUT2D eigenvalue weighted by molar-refractivity contribution is 0.0696. The average molecular weight is 290 g/mol. The molecule has 1 aromatic heterocycles. The standard InChI is InChI=1S/C17H26N2O2/c1-4-13-9-12(17(20)21)10-16(18-13)19-15-8-6-5-7-14(15)11(2)3/h9-11,14-15H,4-8H2,1-3H3,(H,18,19)(H,20,21). The van der Waals surface area contributed by atoms with Crippen molar-refractivity contribution in [2.24, 2.45) is 11.8 Å². The van der Waals surface area contributed by atoms with E-state index in [4.69, 9.17) is 0 Å². The van der Waals surface area contributed by atoms with Crippen LogP contribution in [0.15, 0.2) is 12.1 Å². The van der Waals surface area contributed by atoms with Crippen molar-refractivity contribution in [3.63, 3.8) is 0 Å². The van der Waals surface area contributed by atoms with E-state index in [9.17, 15) is 9.90 Å². The van der Waals surface area contributed by atoms with E-state index in [1.54, 1.807) is 12.1 Å². The molecule has 116 valence electrons. The van der Waals surface area contributed by atoms with E-state index >= 15 is 0 Å². The van der Waals surface area contributed by atoms with Crippen LogP contribution in [0.3, 0.4) is 0 Å². The Morgan fingerprint density at radius 3 is 2.71 bits per heavy atom. The van der Waals surface area contributed by atoms with Gasteiger partial charge in [-0.05, 0) is 43.2 Å². The van der Waals surface area contributed by atoms with Crippen LogP contribution in [0, 0.1) is 11.8 Å². The minimum absolute atomic E-state index is 0.321. The summed E-state index contributed by atoms with van der Waals surface area (Å²) in [7, 11) is 0. The molecule has 1 aliphatic rings. The van der Waals surface area contributed by atoms with Gasteiger partial charge in [0, 0.05) is 11.7 Å². The van der Waals surface area contributed by atoms with Crippen molar-refractivity contribution >= 4 is 11.8 Å². The fourth-order valence-corrected chi connectivity index (χ4v) is 3.29. The molecule has 0 bridgehead atoms. The number of aromatic nitrogens is 1. The first-order valence-electron chi connectivity index (χ1n) is 8.02. The molecule has 0 saturated heterocycles. The van der Waals surface area contributed by atoms with Crippen LogP contribution in [0.1, 0.15) is 62.5 Å². The quantitative estimate of drug-likeness (QED) is 0.861. The van der Waals surface area contributed by atoms with Crippen molar-refractivity contribution in [2.75, 3.05) is 5.32 Å². The van der Waals surface area contributed by atoms with E-state index in [-0.39, 0.29) is 0 Å². The summed E-state index contributed by atoms with van der Waals surface area (Å²) in [6.45, 7) is 6.53. The average Bonchev–Trinajstić information content (AvgIpc) is 2.47. The molecule has 2 rings (SSSR count).